The van der Waals surface area contributed by atoms with Crippen molar-refractivity contribution in [2.75, 3.05) is 18.1 Å². The molecule has 1 amide bonds. The van der Waals surface area contributed by atoms with Crippen LogP contribution in [0.15, 0.2) is 35.5 Å². The molecular weight excluding hydrogens is 599 g/mol. The van der Waals surface area contributed by atoms with Crippen LogP contribution in [0, 0.1) is 17.8 Å². The predicted octanol–water partition coefficient (Wildman–Crippen LogP) is 4.94. The van der Waals surface area contributed by atoms with Crippen LogP contribution in [0.1, 0.15) is 75.9 Å². The van der Waals surface area contributed by atoms with Gasteiger partial charge < -0.3 is 9.64 Å². The summed E-state index contributed by atoms with van der Waals surface area (Å²) in [6.07, 6.45) is 1.12. The third kappa shape index (κ3) is 5.89. The highest BCUT2D eigenvalue weighted by atomic mass is 32.2. The Labute approximate surface area is 254 Å². The lowest BCUT2D eigenvalue weighted by molar-refractivity contribution is -0.194. The molecular formula is C29H38F3N7O4S. The van der Waals surface area contributed by atoms with Crippen LogP contribution in [-0.4, -0.2) is 63.7 Å². The summed E-state index contributed by atoms with van der Waals surface area (Å²) >= 11 is 0. The molecule has 0 unspecified atom stereocenters. The first kappa shape index (κ1) is 31.8. The Morgan fingerprint density at radius 3 is 2.45 bits per heavy atom. The zero-order valence-electron chi connectivity index (χ0n) is 25.7. The molecule has 0 bridgehead atoms. The molecule has 1 aliphatic carbocycles. The fraction of sp³-hybridized carbons (Fsp3) is 0.586. The molecule has 1 atom stereocenters. The van der Waals surface area contributed by atoms with E-state index in [1.54, 1.807) is 14.0 Å². The zero-order valence-corrected chi connectivity index (χ0v) is 26.5. The molecule has 1 saturated heterocycles. The molecule has 3 aromatic heterocycles. The summed E-state index contributed by atoms with van der Waals surface area (Å²) in [5.41, 5.74) is -1.92. The number of rotatable bonds is 10. The molecule has 44 heavy (non-hydrogen) atoms. The molecule has 0 spiro atoms. The van der Waals surface area contributed by atoms with E-state index >= 15 is 0 Å². The molecule has 240 valence electrons. The SMILES string of the molecule is CCC[C@]1(C)CN(c2nc(-n3ccc(OCC4(C(F)(F)F)CC4)n3)ccc2C(=O)NS(=O)(=O)c2cnn(C)c2C)C(C)(C)C1. The van der Waals surface area contributed by atoms with E-state index in [0.717, 1.165) is 19.3 Å². The Morgan fingerprint density at radius 1 is 1.16 bits per heavy atom. The minimum atomic E-state index is -4.35. The minimum absolute atomic E-state index is 0.0145. The third-order valence-corrected chi connectivity index (χ3v) is 10.2. The highest BCUT2D eigenvalue weighted by Crippen LogP contribution is 2.57. The quantitative estimate of drug-likeness (QED) is 0.332. The van der Waals surface area contributed by atoms with Crippen molar-refractivity contribution in [1.29, 1.82) is 0 Å². The van der Waals surface area contributed by atoms with Gasteiger partial charge in [0, 0.05) is 31.4 Å². The Kier molecular flexibility index (Phi) is 7.78. The first-order valence-electron chi connectivity index (χ1n) is 14.5. The van der Waals surface area contributed by atoms with Crippen molar-refractivity contribution >= 4 is 21.7 Å². The lowest BCUT2D eigenvalue weighted by Crippen LogP contribution is -2.41. The molecule has 11 nitrogen and oxygen atoms in total. The number of nitrogens with zero attached hydrogens (tertiary/aromatic N) is 6. The number of halogens is 3. The number of nitrogens with one attached hydrogen (secondary N) is 1. The number of hydrogen-bond donors (Lipinski definition) is 1. The molecule has 1 saturated carbocycles. The number of sulfonamides is 1. The van der Waals surface area contributed by atoms with E-state index in [-0.39, 0.29) is 46.2 Å². The van der Waals surface area contributed by atoms with Gasteiger partial charge in [0.25, 0.3) is 15.9 Å². The number of alkyl halides is 3. The van der Waals surface area contributed by atoms with Gasteiger partial charge in [-0.2, -0.15) is 18.3 Å². The van der Waals surface area contributed by atoms with E-state index in [0.29, 0.717) is 12.2 Å². The Hall–Kier alpha value is -3.62. The van der Waals surface area contributed by atoms with Gasteiger partial charge >= 0.3 is 6.18 Å². The average Bonchev–Trinajstić information content (AvgIpc) is 3.34. The summed E-state index contributed by atoms with van der Waals surface area (Å²) in [5.74, 6) is -0.279. The molecule has 2 aliphatic rings. The van der Waals surface area contributed by atoms with E-state index in [9.17, 15) is 26.4 Å². The summed E-state index contributed by atoms with van der Waals surface area (Å²) in [6, 6.07) is 4.44. The Morgan fingerprint density at radius 2 is 1.86 bits per heavy atom. The first-order valence-corrected chi connectivity index (χ1v) is 16.0. The van der Waals surface area contributed by atoms with Gasteiger partial charge in [0.05, 0.1) is 17.5 Å². The van der Waals surface area contributed by atoms with Gasteiger partial charge in [-0.25, -0.2) is 22.8 Å². The fourth-order valence-electron chi connectivity index (χ4n) is 6.23. The first-order chi connectivity index (χ1) is 20.4. The van der Waals surface area contributed by atoms with Crippen LogP contribution in [-0.2, 0) is 17.1 Å². The molecule has 1 N–H and O–H groups in total. The maximum absolute atomic E-state index is 13.6. The number of aromatic nitrogens is 5. The molecule has 1 aliphatic heterocycles. The molecule has 0 radical (unpaired) electrons. The highest BCUT2D eigenvalue weighted by molar-refractivity contribution is 7.90. The third-order valence-electron chi connectivity index (χ3n) is 8.80. The van der Waals surface area contributed by atoms with Crippen molar-refractivity contribution in [1.82, 2.24) is 29.3 Å². The highest BCUT2D eigenvalue weighted by Gasteiger charge is 2.64. The van der Waals surface area contributed by atoms with E-state index in [2.05, 4.69) is 28.8 Å². The lowest BCUT2D eigenvalue weighted by Gasteiger charge is -2.34. The van der Waals surface area contributed by atoms with Crippen molar-refractivity contribution in [3.05, 3.63) is 41.9 Å². The van der Waals surface area contributed by atoms with Gasteiger partial charge in [-0.05, 0) is 64.0 Å². The lowest BCUT2D eigenvalue weighted by atomic mass is 9.80. The molecule has 4 heterocycles. The summed E-state index contributed by atoms with van der Waals surface area (Å²) < 4.78 is 76.8. The summed E-state index contributed by atoms with van der Waals surface area (Å²) in [6.45, 7) is 10.0. The number of carbonyl (C=O) groups is 1. The van der Waals surface area contributed by atoms with Crippen LogP contribution in [0.3, 0.4) is 0 Å². The second-order valence-electron chi connectivity index (χ2n) is 13.0. The molecule has 15 heteroatoms. The van der Waals surface area contributed by atoms with Crippen molar-refractivity contribution in [3.63, 3.8) is 0 Å². The smallest absolute Gasteiger partial charge is 0.397 e. The van der Waals surface area contributed by atoms with Crippen LogP contribution >= 0.6 is 0 Å². The van der Waals surface area contributed by atoms with Crippen molar-refractivity contribution < 1.29 is 31.1 Å². The van der Waals surface area contributed by atoms with Crippen LogP contribution < -0.4 is 14.4 Å². The fourth-order valence-corrected chi connectivity index (χ4v) is 7.40. The largest absolute Gasteiger partial charge is 0.476 e. The van der Waals surface area contributed by atoms with E-state index in [1.807, 2.05) is 18.7 Å². The van der Waals surface area contributed by atoms with Gasteiger partial charge in [0.2, 0.25) is 5.88 Å². The van der Waals surface area contributed by atoms with Crippen molar-refractivity contribution in [3.8, 4) is 11.7 Å². The standard InChI is InChI=1S/C29H38F3N7O4S/c1-7-11-27(5)16-26(3,4)38(17-27)24-20(25(40)36-44(41,42)21-15-33-37(6)19(21)2)8-9-22(34-24)39-14-10-23(35-39)43-18-28(12-13-28)29(30,31)32/h8-10,14-15H,7,11-13,16-18H2,1-6H3,(H,36,40)/t27-/m0/s1. The molecule has 5 rings (SSSR count). The molecule has 3 aromatic rings. The average molecular weight is 638 g/mol. The van der Waals surface area contributed by atoms with Gasteiger partial charge in [0.15, 0.2) is 5.82 Å². The Balaban J connectivity index is 1.49. The normalized spacial score (nSPS) is 21.0. The summed E-state index contributed by atoms with van der Waals surface area (Å²) in [7, 11) is -2.64. The number of aryl methyl sites for hydroxylation is 1. The minimum Gasteiger partial charge on any atom is -0.476 e. The van der Waals surface area contributed by atoms with Crippen LogP contribution in [0.25, 0.3) is 5.82 Å². The van der Waals surface area contributed by atoms with Crippen molar-refractivity contribution in [2.45, 2.75) is 83.3 Å². The zero-order chi connectivity index (χ0) is 32.3. The monoisotopic (exact) mass is 637 g/mol. The van der Waals surface area contributed by atoms with Gasteiger partial charge in [-0.15, -0.1) is 5.10 Å². The number of hydrogen-bond acceptors (Lipinski definition) is 8. The maximum atomic E-state index is 13.6. The van der Waals surface area contributed by atoms with E-state index in [1.165, 1.54) is 40.0 Å². The van der Waals surface area contributed by atoms with Crippen LogP contribution in [0.4, 0.5) is 19.0 Å². The van der Waals surface area contributed by atoms with Crippen molar-refractivity contribution in [2.24, 2.45) is 17.9 Å². The summed E-state index contributed by atoms with van der Waals surface area (Å²) in [5, 5.41) is 8.26. The van der Waals surface area contributed by atoms with E-state index in [4.69, 9.17) is 9.72 Å². The number of anilines is 1. The van der Waals surface area contributed by atoms with E-state index < -0.39 is 39.7 Å². The predicted molar refractivity (Wildman–Crippen MR) is 156 cm³/mol. The number of amides is 1. The van der Waals surface area contributed by atoms with Gasteiger partial charge in [-0.3, -0.25) is 9.48 Å². The van der Waals surface area contributed by atoms with Crippen LogP contribution in [0.5, 0.6) is 5.88 Å². The second kappa shape index (κ2) is 10.8. The Bertz CT molecular complexity index is 1680. The molecule has 2 fully saturated rings. The maximum Gasteiger partial charge on any atom is 0.397 e. The molecule has 0 aromatic carbocycles. The number of pyridine rings is 1. The van der Waals surface area contributed by atoms with Crippen LogP contribution in [0.2, 0.25) is 0 Å². The van der Waals surface area contributed by atoms with Gasteiger partial charge in [0.1, 0.15) is 22.7 Å². The summed E-state index contributed by atoms with van der Waals surface area (Å²) in [4.78, 5) is 20.3. The second-order valence-corrected chi connectivity index (χ2v) is 14.6. The van der Waals surface area contributed by atoms with Gasteiger partial charge in [-0.1, -0.05) is 20.3 Å². The number of carbonyl (C=O) groups excluding carboxylic acids is 1. The number of ether oxygens (including phenoxy) is 1. The topological polar surface area (TPSA) is 124 Å².